The van der Waals surface area contributed by atoms with E-state index in [4.69, 9.17) is 23.7 Å². The van der Waals surface area contributed by atoms with Crippen molar-refractivity contribution in [3.63, 3.8) is 0 Å². The fourth-order valence-corrected chi connectivity index (χ4v) is 6.59. The molecule has 2 heterocycles. The zero-order valence-corrected chi connectivity index (χ0v) is 27.0. The number of carbonyl (C=O) groups is 1. The minimum atomic E-state index is -0.374. The summed E-state index contributed by atoms with van der Waals surface area (Å²) in [5, 5.41) is 0. The van der Waals surface area contributed by atoms with Crippen molar-refractivity contribution >= 4 is 22.0 Å². The number of fused-ring (bicyclic) bond motifs is 3. The van der Waals surface area contributed by atoms with Crippen molar-refractivity contribution in [2.24, 2.45) is 0 Å². The molecular formula is C34H37BrN2O6. The van der Waals surface area contributed by atoms with E-state index in [2.05, 4.69) is 32.6 Å². The van der Waals surface area contributed by atoms with Gasteiger partial charge in [-0.3, -0.25) is 0 Å². The molecule has 226 valence electrons. The summed E-state index contributed by atoms with van der Waals surface area (Å²) in [6, 6.07) is 17.8. The molecule has 0 atom stereocenters. The van der Waals surface area contributed by atoms with Gasteiger partial charge in [-0.2, -0.15) is 0 Å². The first-order valence-corrected chi connectivity index (χ1v) is 15.1. The lowest BCUT2D eigenvalue weighted by Crippen LogP contribution is -2.33. The minimum absolute atomic E-state index is 0.374. The van der Waals surface area contributed by atoms with Crippen molar-refractivity contribution in [3.8, 4) is 51.1 Å². The van der Waals surface area contributed by atoms with Crippen LogP contribution in [-0.4, -0.2) is 57.1 Å². The van der Waals surface area contributed by atoms with Gasteiger partial charge in [-0.25, -0.2) is 4.79 Å². The molecule has 43 heavy (non-hydrogen) atoms. The quantitative estimate of drug-likeness (QED) is 0.176. The topological polar surface area (TPSA) is 71.4 Å². The Bertz CT molecular complexity index is 1640. The average Bonchev–Trinajstić information content (AvgIpc) is 3.31. The summed E-state index contributed by atoms with van der Waals surface area (Å²) in [7, 11) is 6.58. The third-order valence-corrected chi connectivity index (χ3v) is 8.80. The van der Waals surface area contributed by atoms with Gasteiger partial charge in [0.25, 0.3) is 0 Å². The number of rotatable bonds is 10. The standard InChI is InChI=1S/C34H37BrN2O6/c1-7-36(8-2)34(38)43-26-12-10-9-11-23(26)31-25(17-21-13-14-27(39-3)28(18-21)40-4)32-24-20-30(42-6)29(41-5)19-22(24)15-16-37(32)33(31)35/h9-14,18-20H,7-8,15-17H2,1-6H3. The number of aromatic nitrogens is 1. The Morgan fingerprint density at radius 1 is 0.814 bits per heavy atom. The van der Waals surface area contributed by atoms with Crippen LogP contribution in [0.2, 0.25) is 0 Å². The van der Waals surface area contributed by atoms with Crippen LogP contribution in [0.25, 0.3) is 22.4 Å². The van der Waals surface area contributed by atoms with Gasteiger partial charge in [0, 0.05) is 42.7 Å². The van der Waals surface area contributed by atoms with Crippen LogP contribution < -0.4 is 23.7 Å². The number of halogens is 1. The van der Waals surface area contributed by atoms with E-state index in [9.17, 15) is 4.79 Å². The summed E-state index contributed by atoms with van der Waals surface area (Å²) in [4.78, 5) is 14.7. The second-order valence-electron chi connectivity index (χ2n) is 10.2. The highest BCUT2D eigenvalue weighted by Crippen LogP contribution is 2.49. The number of hydrogen-bond acceptors (Lipinski definition) is 6. The van der Waals surface area contributed by atoms with Gasteiger partial charge in [-0.15, -0.1) is 0 Å². The summed E-state index contributed by atoms with van der Waals surface area (Å²) >= 11 is 3.97. The predicted octanol–water partition coefficient (Wildman–Crippen LogP) is 7.61. The highest BCUT2D eigenvalue weighted by Gasteiger charge is 2.31. The molecule has 1 aliphatic heterocycles. The van der Waals surface area contributed by atoms with Crippen LogP contribution in [-0.2, 0) is 19.4 Å². The molecular weight excluding hydrogens is 612 g/mol. The van der Waals surface area contributed by atoms with Gasteiger partial charge in [0.05, 0.1) is 38.7 Å². The van der Waals surface area contributed by atoms with Gasteiger partial charge in [0.2, 0.25) is 0 Å². The summed E-state index contributed by atoms with van der Waals surface area (Å²) in [6.45, 7) is 5.77. The maximum Gasteiger partial charge on any atom is 0.415 e. The maximum atomic E-state index is 13.1. The molecule has 0 aliphatic carbocycles. The van der Waals surface area contributed by atoms with Crippen LogP contribution in [0.4, 0.5) is 4.79 Å². The van der Waals surface area contributed by atoms with E-state index in [0.29, 0.717) is 48.3 Å². The number of amides is 1. The van der Waals surface area contributed by atoms with Crippen LogP contribution in [0.15, 0.2) is 59.2 Å². The van der Waals surface area contributed by atoms with E-state index in [1.807, 2.05) is 56.3 Å². The monoisotopic (exact) mass is 648 g/mol. The van der Waals surface area contributed by atoms with Crippen molar-refractivity contribution in [1.29, 1.82) is 0 Å². The highest BCUT2D eigenvalue weighted by molar-refractivity contribution is 9.10. The molecule has 1 amide bonds. The van der Waals surface area contributed by atoms with Gasteiger partial charge in [0.15, 0.2) is 23.0 Å². The zero-order chi connectivity index (χ0) is 30.7. The lowest BCUT2D eigenvalue weighted by Gasteiger charge is -2.23. The average molecular weight is 650 g/mol. The molecule has 0 N–H and O–H groups in total. The van der Waals surface area contributed by atoms with Crippen LogP contribution in [0.5, 0.6) is 28.7 Å². The van der Waals surface area contributed by atoms with Crippen LogP contribution in [0, 0.1) is 0 Å². The summed E-state index contributed by atoms with van der Waals surface area (Å²) in [5.41, 5.74) is 7.25. The van der Waals surface area contributed by atoms with Gasteiger partial charge in [-0.05, 0) is 83.2 Å². The van der Waals surface area contributed by atoms with E-state index in [1.165, 1.54) is 5.56 Å². The molecule has 4 aromatic rings. The number of nitrogens with zero attached hydrogens (tertiary/aromatic N) is 2. The number of benzene rings is 3. The second kappa shape index (κ2) is 13.0. The smallest absolute Gasteiger partial charge is 0.415 e. The van der Waals surface area contributed by atoms with Crippen LogP contribution in [0.1, 0.15) is 30.5 Å². The Hall–Kier alpha value is -4.11. The SMILES string of the molecule is CCN(CC)C(=O)Oc1ccccc1-c1c(Cc2ccc(OC)c(OC)c2)c2n(c1Br)CCc1cc(OC)c(OC)cc1-2. The lowest BCUT2D eigenvalue weighted by molar-refractivity contribution is 0.157. The summed E-state index contributed by atoms with van der Waals surface area (Å²) in [5.74, 6) is 3.20. The molecule has 1 aliphatic rings. The maximum absolute atomic E-state index is 13.1. The predicted molar refractivity (Wildman–Crippen MR) is 171 cm³/mol. The first-order valence-electron chi connectivity index (χ1n) is 14.3. The Morgan fingerprint density at radius 3 is 2.14 bits per heavy atom. The molecule has 3 aromatic carbocycles. The number of aryl methyl sites for hydroxylation is 1. The minimum Gasteiger partial charge on any atom is -0.493 e. The van der Waals surface area contributed by atoms with Gasteiger partial charge in [-0.1, -0.05) is 24.3 Å². The third-order valence-electron chi connectivity index (χ3n) is 7.97. The molecule has 5 rings (SSSR count). The molecule has 0 fully saturated rings. The Labute approximate surface area is 261 Å². The summed E-state index contributed by atoms with van der Waals surface area (Å²) < 4.78 is 31.7. The normalized spacial score (nSPS) is 11.8. The van der Waals surface area contributed by atoms with Crippen molar-refractivity contribution in [3.05, 3.63) is 75.9 Å². The number of ether oxygens (including phenoxy) is 5. The Balaban J connectivity index is 1.75. The number of methoxy groups -OCH3 is 4. The van der Waals surface area contributed by atoms with Gasteiger partial charge in [0.1, 0.15) is 5.75 Å². The van der Waals surface area contributed by atoms with Crippen LogP contribution >= 0.6 is 15.9 Å². The fourth-order valence-electron chi connectivity index (χ4n) is 5.78. The number of hydrogen-bond donors (Lipinski definition) is 0. The van der Waals surface area contributed by atoms with E-state index in [-0.39, 0.29) is 6.09 Å². The first kappa shape index (κ1) is 30.4. The van der Waals surface area contributed by atoms with E-state index < -0.39 is 0 Å². The van der Waals surface area contributed by atoms with Crippen molar-refractivity contribution < 1.29 is 28.5 Å². The fraction of sp³-hybridized carbons (Fsp3) is 0.324. The Kier molecular flexibility index (Phi) is 9.20. The van der Waals surface area contributed by atoms with Gasteiger partial charge >= 0.3 is 6.09 Å². The molecule has 0 unspecified atom stereocenters. The molecule has 0 radical (unpaired) electrons. The highest BCUT2D eigenvalue weighted by atomic mass is 79.9. The molecule has 8 nitrogen and oxygen atoms in total. The molecule has 9 heteroatoms. The first-order chi connectivity index (χ1) is 20.9. The third kappa shape index (κ3) is 5.66. The van der Waals surface area contributed by atoms with Crippen molar-refractivity contribution in [1.82, 2.24) is 9.47 Å². The lowest BCUT2D eigenvalue weighted by atomic mass is 9.90. The molecule has 0 spiro atoms. The van der Waals surface area contributed by atoms with E-state index in [0.717, 1.165) is 51.1 Å². The van der Waals surface area contributed by atoms with Gasteiger partial charge < -0.3 is 33.2 Å². The van der Waals surface area contributed by atoms with Crippen molar-refractivity contribution in [2.45, 2.75) is 33.2 Å². The largest absolute Gasteiger partial charge is 0.493 e. The van der Waals surface area contributed by atoms with E-state index >= 15 is 0 Å². The van der Waals surface area contributed by atoms with Crippen molar-refractivity contribution in [2.75, 3.05) is 41.5 Å². The second-order valence-corrected chi connectivity index (χ2v) is 10.9. The Morgan fingerprint density at radius 2 is 1.47 bits per heavy atom. The molecule has 0 bridgehead atoms. The number of para-hydroxylation sites is 1. The van der Waals surface area contributed by atoms with E-state index in [1.54, 1.807) is 33.3 Å². The summed E-state index contributed by atoms with van der Waals surface area (Å²) in [6.07, 6.45) is 1.04. The zero-order valence-electron chi connectivity index (χ0n) is 25.5. The van der Waals surface area contributed by atoms with Crippen LogP contribution in [0.3, 0.4) is 0 Å². The molecule has 0 saturated carbocycles. The number of carbonyl (C=O) groups excluding carboxylic acids is 1. The molecule has 0 saturated heterocycles. The molecule has 1 aromatic heterocycles.